The van der Waals surface area contributed by atoms with Crippen molar-refractivity contribution in [1.29, 1.82) is 0 Å². The van der Waals surface area contributed by atoms with E-state index < -0.39 is 50.4 Å². The maximum Gasteiger partial charge on any atom is 0.394 e. The van der Waals surface area contributed by atoms with Crippen LogP contribution in [0.3, 0.4) is 0 Å². The van der Waals surface area contributed by atoms with Crippen molar-refractivity contribution in [3.63, 3.8) is 0 Å². The third-order valence-electron chi connectivity index (χ3n) is 7.16. The van der Waals surface area contributed by atoms with Crippen molar-refractivity contribution in [2.24, 2.45) is 5.41 Å². The van der Waals surface area contributed by atoms with Gasteiger partial charge >= 0.3 is 6.18 Å². The van der Waals surface area contributed by atoms with E-state index in [1.54, 1.807) is 6.92 Å². The molecular weight excluding hydrogens is 550 g/mol. The number of aliphatic hydroxyl groups is 1. The predicted molar refractivity (Wildman–Crippen MR) is 136 cm³/mol. The van der Waals surface area contributed by atoms with Crippen LogP contribution in [0.2, 0.25) is 5.02 Å². The Morgan fingerprint density at radius 2 is 1.87 bits per heavy atom. The van der Waals surface area contributed by atoms with E-state index in [1.807, 2.05) is 0 Å². The maximum absolute atomic E-state index is 15.1. The fourth-order valence-electron chi connectivity index (χ4n) is 4.60. The normalized spacial score (nSPS) is 20.9. The minimum Gasteiger partial charge on any atom is -0.388 e. The Morgan fingerprint density at radius 1 is 1.26 bits per heavy atom. The SMILES string of the molecule is CCn1nc(C(=O)NC[C@]2(O)CC[C@@H](S(C)(=O)=O)CC2)c(Cl)c1-c1ccc(CC(C)(C)C(F)(F)F)cc1F. The minimum absolute atomic E-state index is 0.0188. The van der Waals surface area contributed by atoms with Gasteiger partial charge in [-0.25, -0.2) is 12.8 Å². The first-order valence-corrected chi connectivity index (χ1v) is 14.5. The molecule has 2 aromatic rings. The number of benzene rings is 1. The molecule has 1 aromatic heterocycles. The van der Waals surface area contributed by atoms with Gasteiger partial charge in [-0.05, 0) is 56.7 Å². The number of hydrogen-bond acceptors (Lipinski definition) is 5. The molecule has 38 heavy (non-hydrogen) atoms. The van der Waals surface area contributed by atoms with E-state index in [1.165, 1.54) is 16.8 Å². The number of halogens is 5. The topological polar surface area (TPSA) is 101 Å². The van der Waals surface area contributed by atoms with E-state index in [9.17, 15) is 31.5 Å². The lowest BCUT2D eigenvalue weighted by Crippen LogP contribution is -2.47. The average Bonchev–Trinajstić information content (AvgIpc) is 3.12. The molecule has 1 saturated carbocycles. The quantitative estimate of drug-likeness (QED) is 0.430. The Kier molecular flexibility index (Phi) is 8.60. The highest BCUT2D eigenvalue weighted by Crippen LogP contribution is 2.41. The van der Waals surface area contributed by atoms with Crippen molar-refractivity contribution in [3.8, 4) is 11.3 Å². The molecule has 212 valence electrons. The number of aromatic nitrogens is 2. The van der Waals surface area contributed by atoms with Gasteiger partial charge in [0.05, 0.1) is 27.0 Å². The standard InChI is InChI=1S/C25H32ClF4N3O4S/c1-5-33-21(17-7-6-15(12-18(17)27)13-23(2,3)25(28,29)30)19(26)20(32-33)22(34)31-14-24(35)10-8-16(9-11-24)38(4,36)37/h6-7,12,16,35H,5,8-11,13-14H2,1-4H3,(H,31,34)/t16-,24+. The maximum atomic E-state index is 15.1. The van der Waals surface area contributed by atoms with Gasteiger partial charge in [0.1, 0.15) is 15.7 Å². The highest BCUT2D eigenvalue weighted by molar-refractivity contribution is 7.91. The van der Waals surface area contributed by atoms with Crippen LogP contribution >= 0.6 is 11.6 Å². The van der Waals surface area contributed by atoms with Gasteiger partial charge in [0.25, 0.3) is 5.91 Å². The van der Waals surface area contributed by atoms with Gasteiger partial charge in [0.15, 0.2) is 5.69 Å². The van der Waals surface area contributed by atoms with Crippen molar-refractivity contribution < 1.29 is 35.9 Å². The van der Waals surface area contributed by atoms with Gasteiger partial charge < -0.3 is 10.4 Å². The van der Waals surface area contributed by atoms with Gasteiger partial charge in [-0.1, -0.05) is 31.5 Å². The molecule has 1 aliphatic carbocycles. The second-order valence-electron chi connectivity index (χ2n) is 10.6. The van der Waals surface area contributed by atoms with E-state index in [4.69, 9.17) is 11.6 Å². The molecule has 0 bridgehead atoms. The Hall–Kier alpha value is -2.18. The van der Waals surface area contributed by atoms with Crippen LogP contribution in [0.5, 0.6) is 0 Å². The molecule has 1 fully saturated rings. The number of sulfone groups is 1. The lowest BCUT2D eigenvalue weighted by molar-refractivity contribution is -0.211. The Morgan fingerprint density at radius 3 is 2.37 bits per heavy atom. The van der Waals surface area contributed by atoms with Gasteiger partial charge in [-0.15, -0.1) is 0 Å². The fourth-order valence-corrected chi connectivity index (χ4v) is 6.02. The number of carbonyl (C=O) groups excluding carboxylic acids is 1. The average molecular weight is 582 g/mol. The van der Waals surface area contributed by atoms with Crippen LogP contribution in [0.4, 0.5) is 17.6 Å². The molecule has 2 N–H and O–H groups in total. The summed E-state index contributed by atoms with van der Waals surface area (Å²) in [7, 11) is -3.22. The summed E-state index contributed by atoms with van der Waals surface area (Å²) in [5.74, 6) is -1.51. The number of nitrogens with zero attached hydrogens (tertiary/aromatic N) is 2. The molecule has 0 saturated heterocycles. The molecule has 0 spiro atoms. The zero-order valence-corrected chi connectivity index (χ0v) is 23.2. The molecule has 1 aliphatic rings. The summed E-state index contributed by atoms with van der Waals surface area (Å²) >= 11 is 6.45. The molecular formula is C25H32ClF4N3O4S. The molecule has 1 aromatic carbocycles. The summed E-state index contributed by atoms with van der Waals surface area (Å²) in [6.07, 6.45) is -2.80. The van der Waals surface area contributed by atoms with Gasteiger partial charge in [-0.2, -0.15) is 18.3 Å². The molecule has 0 aliphatic heterocycles. The first-order valence-electron chi connectivity index (χ1n) is 12.2. The summed E-state index contributed by atoms with van der Waals surface area (Å²) in [5.41, 5.74) is -3.29. The molecule has 0 radical (unpaired) electrons. The van der Waals surface area contributed by atoms with Crippen LogP contribution in [-0.2, 0) is 22.8 Å². The molecule has 13 heteroatoms. The second-order valence-corrected chi connectivity index (χ2v) is 13.3. The van der Waals surface area contributed by atoms with Crippen molar-refractivity contribution in [1.82, 2.24) is 15.1 Å². The summed E-state index contributed by atoms with van der Waals surface area (Å²) in [5, 5.41) is 16.9. The largest absolute Gasteiger partial charge is 0.394 e. The van der Waals surface area contributed by atoms with Gasteiger partial charge in [-0.3, -0.25) is 9.48 Å². The number of hydrogen-bond donors (Lipinski definition) is 2. The highest BCUT2D eigenvalue weighted by Gasteiger charge is 2.47. The number of aryl methyl sites for hydroxylation is 1. The zero-order chi connectivity index (χ0) is 28.7. The minimum atomic E-state index is -4.46. The predicted octanol–water partition coefficient (Wildman–Crippen LogP) is 4.94. The highest BCUT2D eigenvalue weighted by atomic mass is 35.5. The van der Waals surface area contributed by atoms with E-state index in [0.717, 1.165) is 26.2 Å². The van der Waals surface area contributed by atoms with Crippen LogP contribution < -0.4 is 5.32 Å². The van der Waals surface area contributed by atoms with Crippen LogP contribution in [0, 0.1) is 11.2 Å². The monoisotopic (exact) mass is 581 g/mol. The van der Waals surface area contributed by atoms with Crippen LogP contribution in [0.1, 0.15) is 62.5 Å². The Balaban J connectivity index is 1.79. The molecule has 0 atom stereocenters. The summed E-state index contributed by atoms with van der Waals surface area (Å²) in [6, 6.07) is 3.72. The Labute approximate surface area is 224 Å². The Bertz CT molecular complexity index is 1300. The zero-order valence-electron chi connectivity index (χ0n) is 21.6. The third kappa shape index (κ3) is 6.51. The smallest absolute Gasteiger partial charge is 0.388 e. The van der Waals surface area contributed by atoms with Crippen LogP contribution in [0.25, 0.3) is 11.3 Å². The summed E-state index contributed by atoms with van der Waals surface area (Å²) in [4.78, 5) is 12.9. The van der Waals surface area contributed by atoms with Crippen molar-refractivity contribution in [2.75, 3.05) is 12.8 Å². The lowest BCUT2D eigenvalue weighted by Gasteiger charge is -2.35. The molecule has 0 unspecified atom stereocenters. The lowest BCUT2D eigenvalue weighted by atomic mass is 9.84. The van der Waals surface area contributed by atoms with Gasteiger partial charge in [0, 0.05) is 24.9 Å². The van der Waals surface area contributed by atoms with Crippen LogP contribution in [-0.4, -0.2) is 59.0 Å². The van der Waals surface area contributed by atoms with Crippen molar-refractivity contribution in [3.05, 3.63) is 40.3 Å². The van der Waals surface area contributed by atoms with E-state index >= 15 is 4.39 Å². The van der Waals surface area contributed by atoms with Crippen molar-refractivity contribution >= 4 is 27.3 Å². The van der Waals surface area contributed by atoms with E-state index in [0.29, 0.717) is 0 Å². The number of amides is 1. The molecule has 7 nitrogen and oxygen atoms in total. The number of alkyl halides is 3. The van der Waals surface area contributed by atoms with E-state index in [2.05, 4.69) is 10.4 Å². The number of nitrogens with one attached hydrogen (secondary N) is 1. The summed E-state index contributed by atoms with van der Waals surface area (Å²) < 4.78 is 79.7. The first-order chi connectivity index (χ1) is 17.4. The molecule has 1 heterocycles. The molecule has 3 rings (SSSR count). The fraction of sp³-hybridized carbons (Fsp3) is 0.600. The second kappa shape index (κ2) is 10.8. The molecule has 1 amide bonds. The number of rotatable bonds is 8. The van der Waals surface area contributed by atoms with Crippen molar-refractivity contribution in [2.45, 2.75) is 76.4 Å². The van der Waals surface area contributed by atoms with Crippen LogP contribution in [0.15, 0.2) is 18.2 Å². The first kappa shape index (κ1) is 30.4. The third-order valence-corrected chi connectivity index (χ3v) is 9.20. The van der Waals surface area contributed by atoms with E-state index in [-0.39, 0.29) is 66.3 Å². The summed E-state index contributed by atoms with van der Waals surface area (Å²) in [6.45, 7) is 3.86. The van der Waals surface area contributed by atoms with Gasteiger partial charge in [0.2, 0.25) is 0 Å². The number of carbonyl (C=O) groups is 1.